The molecule has 2 heterocycles. The number of rotatable bonds is 3. The molecule has 0 saturated carbocycles. The van der Waals surface area contributed by atoms with E-state index in [4.69, 9.17) is 0 Å². The summed E-state index contributed by atoms with van der Waals surface area (Å²) in [4.78, 5) is 15.4. The maximum atomic E-state index is 11.5. The Hall–Kier alpha value is -1.91. The lowest BCUT2D eigenvalue weighted by molar-refractivity contribution is 0.642. The molecule has 5 nitrogen and oxygen atoms in total. The summed E-state index contributed by atoms with van der Waals surface area (Å²) in [5.74, 6) is 0. The molecule has 0 fully saturated rings. The minimum atomic E-state index is -0.0470. The highest BCUT2D eigenvalue weighted by molar-refractivity contribution is 5.10. The summed E-state index contributed by atoms with van der Waals surface area (Å²) in [6, 6.07) is 3.47. The summed E-state index contributed by atoms with van der Waals surface area (Å²) in [6.07, 6.45) is 3.94. The summed E-state index contributed by atoms with van der Waals surface area (Å²) in [6.45, 7) is 2.57. The fraction of sp³-hybridized carbons (Fsp3) is 0.364. The topological polar surface area (TPSA) is 52.7 Å². The monoisotopic (exact) mass is 218 g/mol. The summed E-state index contributed by atoms with van der Waals surface area (Å²) < 4.78 is 3.37. The third-order valence-electron chi connectivity index (χ3n) is 2.51. The Morgan fingerprint density at radius 1 is 1.44 bits per heavy atom. The molecule has 2 rings (SSSR count). The molecule has 2 aromatic rings. The molecule has 84 valence electrons. The van der Waals surface area contributed by atoms with Crippen molar-refractivity contribution in [2.45, 2.75) is 19.9 Å². The minimum Gasteiger partial charge on any atom is -0.293 e. The van der Waals surface area contributed by atoms with Gasteiger partial charge in [-0.05, 0) is 12.5 Å². The van der Waals surface area contributed by atoms with Crippen molar-refractivity contribution in [1.82, 2.24) is 19.3 Å². The van der Waals surface area contributed by atoms with E-state index < -0.39 is 0 Å². The van der Waals surface area contributed by atoms with Gasteiger partial charge < -0.3 is 0 Å². The Labute approximate surface area is 93.4 Å². The maximum Gasteiger partial charge on any atom is 0.253 e. The van der Waals surface area contributed by atoms with Gasteiger partial charge in [0.25, 0.3) is 5.56 Å². The first kappa shape index (κ1) is 10.6. The van der Waals surface area contributed by atoms with Gasteiger partial charge in [-0.15, -0.1) is 0 Å². The van der Waals surface area contributed by atoms with Gasteiger partial charge >= 0.3 is 0 Å². The molecule has 0 saturated heterocycles. The van der Waals surface area contributed by atoms with Gasteiger partial charge in [0, 0.05) is 19.3 Å². The van der Waals surface area contributed by atoms with Crippen LogP contribution in [0.1, 0.15) is 18.3 Å². The highest BCUT2D eigenvalue weighted by Gasteiger charge is 2.05. The molecule has 0 aliphatic rings. The molecule has 0 bridgehead atoms. The molecule has 0 aliphatic heterocycles. The number of nitrogens with zero attached hydrogens (tertiary/aromatic N) is 4. The second-order valence-electron chi connectivity index (χ2n) is 3.65. The van der Waals surface area contributed by atoms with Gasteiger partial charge in [0.05, 0.1) is 24.3 Å². The lowest BCUT2D eigenvalue weighted by Gasteiger charge is -2.03. The SMILES string of the molecule is CCc1cc(Cn2cnccc2=O)n(C)n1. The lowest BCUT2D eigenvalue weighted by Crippen LogP contribution is -2.20. The van der Waals surface area contributed by atoms with Gasteiger partial charge in [0.15, 0.2) is 0 Å². The largest absolute Gasteiger partial charge is 0.293 e. The first-order valence-corrected chi connectivity index (χ1v) is 5.23. The van der Waals surface area contributed by atoms with E-state index in [1.807, 2.05) is 13.1 Å². The fourth-order valence-electron chi connectivity index (χ4n) is 1.56. The highest BCUT2D eigenvalue weighted by Crippen LogP contribution is 2.04. The van der Waals surface area contributed by atoms with Crippen LogP contribution in [0.3, 0.4) is 0 Å². The molecule has 0 N–H and O–H groups in total. The zero-order chi connectivity index (χ0) is 11.5. The Bertz CT molecular complexity index is 541. The zero-order valence-corrected chi connectivity index (χ0v) is 9.42. The molecule has 0 unspecified atom stereocenters. The molecule has 5 heteroatoms. The average molecular weight is 218 g/mol. The summed E-state index contributed by atoms with van der Waals surface area (Å²) in [5, 5.41) is 4.34. The summed E-state index contributed by atoms with van der Waals surface area (Å²) in [7, 11) is 1.88. The second kappa shape index (κ2) is 4.30. The van der Waals surface area contributed by atoms with Crippen LogP contribution in [-0.2, 0) is 20.0 Å². The number of hydrogen-bond donors (Lipinski definition) is 0. The normalized spacial score (nSPS) is 10.6. The molecule has 2 aromatic heterocycles. The van der Waals surface area contributed by atoms with Crippen LogP contribution in [0.15, 0.2) is 29.5 Å². The summed E-state index contributed by atoms with van der Waals surface area (Å²) >= 11 is 0. The molecule has 0 radical (unpaired) electrons. The highest BCUT2D eigenvalue weighted by atomic mass is 16.1. The van der Waals surface area contributed by atoms with Gasteiger partial charge in [-0.25, -0.2) is 4.98 Å². The van der Waals surface area contributed by atoms with Crippen molar-refractivity contribution in [3.05, 3.63) is 46.4 Å². The van der Waals surface area contributed by atoms with Crippen molar-refractivity contribution in [1.29, 1.82) is 0 Å². The minimum absolute atomic E-state index is 0.0470. The van der Waals surface area contributed by atoms with Crippen LogP contribution in [0.5, 0.6) is 0 Å². The van der Waals surface area contributed by atoms with Crippen LogP contribution >= 0.6 is 0 Å². The molecule has 0 atom stereocenters. The summed E-state index contributed by atoms with van der Waals surface area (Å²) in [5.41, 5.74) is 2.00. The van der Waals surface area contributed by atoms with E-state index in [0.717, 1.165) is 17.8 Å². The van der Waals surface area contributed by atoms with Crippen LogP contribution < -0.4 is 5.56 Å². The lowest BCUT2D eigenvalue weighted by atomic mass is 10.3. The van der Waals surface area contributed by atoms with Crippen LogP contribution in [0.2, 0.25) is 0 Å². The van der Waals surface area contributed by atoms with Crippen LogP contribution in [0.4, 0.5) is 0 Å². The van der Waals surface area contributed by atoms with Gasteiger partial charge in [-0.1, -0.05) is 6.92 Å². The van der Waals surface area contributed by atoms with Crippen molar-refractivity contribution in [3.8, 4) is 0 Å². The Morgan fingerprint density at radius 2 is 2.25 bits per heavy atom. The van der Waals surface area contributed by atoms with Crippen molar-refractivity contribution in [2.75, 3.05) is 0 Å². The standard InChI is InChI=1S/C11H14N4O/c1-3-9-6-10(14(2)13-9)7-15-8-12-5-4-11(15)16/h4-6,8H,3,7H2,1-2H3. The van der Waals surface area contributed by atoms with E-state index in [2.05, 4.69) is 17.0 Å². The van der Waals surface area contributed by atoms with E-state index in [1.165, 1.54) is 12.3 Å². The van der Waals surface area contributed by atoms with Crippen molar-refractivity contribution < 1.29 is 0 Å². The zero-order valence-electron chi connectivity index (χ0n) is 9.42. The maximum absolute atomic E-state index is 11.5. The van der Waals surface area contributed by atoms with Gasteiger partial charge in [-0.2, -0.15) is 5.10 Å². The third-order valence-corrected chi connectivity index (χ3v) is 2.51. The quantitative estimate of drug-likeness (QED) is 0.757. The molecule has 0 aliphatic carbocycles. The average Bonchev–Trinajstić information content (AvgIpc) is 2.63. The van der Waals surface area contributed by atoms with E-state index in [1.54, 1.807) is 15.6 Å². The number of hydrogen-bond acceptors (Lipinski definition) is 3. The van der Waals surface area contributed by atoms with E-state index >= 15 is 0 Å². The first-order chi connectivity index (χ1) is 7.70. The number of aromatic nitrogens is 4. The van der Waals surface area contributed by atoms with Crippen molar-refractivity contribution in [3.63, 3.8) is 0 Å². The van der Waals surface area contributed by atoms with Crippen molar-refractivity contribution >= 4 is 0 Å². The third kappa shape index (κ3) is 2.03. The van der Waals surface area contributed by atoms with Gasteiger partial charge in [0.2, 0.25) is 0 Å². The van der Waals surface area contributed by atoms with Crippen LogP contribution in [0.25, 0.3) is 0 Å². The fourth-order valence-corrected chi connectivity index (χ4v) is 1.56. The molecule has 16 heavy (non-hydrogen) atoms. The Balaban J connectivity index is 2.30. The van der Waals surface area contributed by atoms with Crippen LogP contribution in [0, 0.1) is 0 Å². The molecule has 0 amide bonds. The predicted molar refractivity (Wildman–Crippen MR) is 60.2 cm³/mol. The van der Waals surface area contributed by atoms with E-state index in [-0.39, 0.29) is 5.56 Å². The van der Waals surface area contributed by atoms with Gasteiger partial charge in [0.1, 0.15) is 0 Å². The molecular formula is C11H14N4O. The van der Waals surface area contributed by atoms with E-state index in [0.29, 0.717) is 6.54 Å². The number of aryl methyl sites for hydroxylation is 2. The first-order valence-electron chi connectivity index (χ1n) is 5.23. The van der Waals surface area contributed by atoms with E-state index in [9.17, 15) is 4.79 Å². The molecule has 0 spiro atoms. The molecular weight excluding hydrogens is 204 g/mol. The smallest absolute Gasteiger partial charge is 0.253 e. The molecule has 0 aromatic carbocycles. The van der Waals surface area contributed by atoms with Crippen LogP contribution in [-0.4, -0.2) is 19.3 Å². The Kier molecular flexibility index (Phi) is 2.85. The Morgan fingerprint density at radius 3 is 2.88 bits per heavy atom. The second-order valence-corrected chi connectivity index (χ2v) is 3.65. The van der Waals surface area contributed by atoms with Crippen molar-refractivity contribution in [2.24, 2.45) is 7.05 Å². The predicted octanol–water partition coefficient (Wildman–Crippen LogP) is 0.587. The van der Waals surface area contributed by atoms with Gasteiger partial charge in [-0.3, -0.25) is 14.0 Å².